The van der Waals surface area contributed by atoms with Crippen LogP contribution in [0.1, 0.15) is 6.92 Å². The maximum absolute atomic E-state index is 12.3. The second kappa shape index (κ2) is 12.6. The first-order valence-corrected chi connectivity index (χ1v) is 13.2. The number of carbonyl (C=O) groups excluding carboxylic acids is 1. The lowest BCUT2D eigenvalue weighted by atomic mass is 10.0. The number of rotatable bonds is 10. The minimum absolute atomic E-state index is 0.264. The lowest BCUT2D eigenvalue weighted by Crippen LogP contribution is -2.30. The first kappa shape index (κ1) is 26.4. The molecular weight excluding hydrogens is 508 g/mol. The maximum atomic E-state index is 12.3. The number of halogens is 1. The minimum Gasteiger partial charge on any atom is -0.497 e. The highest BCUT2D eigenvalue weighted by molar-refractivity contribution is 7.99. The van der Waals surface area contributed by atoms with E-state index >= 15 is 0 Å². The van der Waals surface area contributed by atoms with Crippen molar-refractivity contribution in [3.05, 3.63) is 77.8 Å². The number of benzene rings is 3. The van der Waals surface area contributed by atoms with E-state index in [-0.39, 0.29) is 6.03 Å². The van der Waals surface area contributed by atoms with Gasteiger partial charge in [0.25, 0.3) is 0 Å². The largest absolute Gasteiger partial charge is 0.497 e. The van der Waals surface area contributed by atoms with E-state index < -0.39 is 0 Å². The van der Waals surface area contributed by atoms with Crippen LogP contribution in [0, 0.1) is 0 Å². The summed E-state index contributed by atoms with van der Waals surface area (Å²) in [7, 11) is 3.31. The van der Waals surface area contributed by atoms with E-state index in [0.29, 0.717) is 23.0 Å². The van der Waals surface area contributed by atoms with Gasteiger partial charge in [0.15, 0.2) is 5.16 Å². The highest BCUT2D eigenvalue weighted by Crippen LogP contribution is 2.37. The third kappa shape index (κ3) is 6.58. The van der Waals surface area contributed by atoms with Crippen molar-refractivity contribution in [2.75, 3.05) is 31.8 Å². The van der Waals surface area contributed by atoms with Crippen LogP contribution in [0.4, 0.5) is 10.5 Å². The monoisotopic (exact) mass is 536 g/mol. The van der Waals surface area contributed by atoms with Gasteiger partial charge in [-0.15, -0.1) is 0 Å². The third-order valence-electron chi connectivity index (χ3n) is 5.70. The number of hydrogen-bond donors (Lipinski definition) is 2. The molecule has 37 heavy (non-hydrogen) atoms. The number of hydrogen-bond acceptors (Lipinski definition) is 5. The van der Waals surface area contributed by atoms with Crippen molar-refractivity contribution in [3.63, 3.8) is 0 Å². The molecule has 1 aromatic heterocycles. The fraction of sp³-hybridized carbons (Fsp3) is 0.214. The molecule has 0 atom stereocenters. The van der Waals surface area contributed by atoms with Gasteiger partial charge in [-0.05, 0) is 79.7 Å². The zero-order chi connectivity index (χ0) is 26.2. The number of imidazole rings is 1. The van der Waals surface area contributed by atoms with Gasteiger partial charge in [-0.2, -0.15) is 0 Å². The summed E-state index contributed by atoms with van der Waals surface area (Å²) in [4.78, 5) is 17.3. The number of carbonyl (C=O) groups is 1. The van der Waals surface area contributed by atoms with E-state index in [9.17, 15) is 4.79 Å². The Hall–Kier alpha value is -3.62. The van der Waals surface area contributed by atoms with Crippen LogP contribution < -0.4 is 20.1 Å². The fourth-order valence-electron chi connectivity index (χ4n) is 3.84. The molecule has 0 aliphatic carbocycles. The Bertz CT molecular complexity index is 1320. The molecule has 0 aliphatic rings. The van der Waals surface area contributed by atoms with E-state index in [1.165, 1.54) is 0 Å². The van der Waals surface area contributed by atoms with Gasteiger partial charge < -0.3 is 24.7 Å². The van der Waals surface area contributed by atoms with Crippen molar-refractivity contribution >= 4 is 35.1 Å². The molecule has 1 heterocycles. The quantitative estimate of drug-likeness (QED) is 0.172. The number of ether oxygens (including phenoxy) is 2. The molecule has 4 aromatic rings. The van der Waals surface area contributed by atoms with E-state index in [4.69, 9.17) is 26.1 Å². The zero-order valence-electron chi connectivity index (χ0n) is 21.0. The van der Waals surface area contributed by atoms with Crippen LogP contribution in [0.5, 0.6) is 11.5 Å². The molecule has 0 fully saturated rings. The van der Waals surface area contributed by atoms with Crippen molar-refractivity contribution in [2.24, 2.45) is 0 Å². The Balaban J connectivity index is 1.52. The first-order chi connectivity index (χ1) is 18.0. The number of amides is 2. The summed E-state index contributed by atoms with van der Waals surface area (Å²) >= 11 is 7.51. The average Bonchev–Trinajstić information content (AvgIpc) is 3.31. The third-order valence-corrected chi connectivity index (χ3v) is 6.93. The summed E-state index contributed by atoms with van der Waals surface area (Å²) in [5.74, 6) is 2.26. The van der Waals surface area contributed by atoms with Crippen molar-refractivity contribution < 1.29 is 14.3 Å². The zero-order valence-corrected chi connectivity index (χ0v) is 22.5. The predicted octanol–water partition coefficient (Wildman–Crippen LogP) is 6.82. The molecule has 3 aromatic carbocycles. The van der Waals surface area contributed by atoms with E-state index in [1.54, 1.807) is 50.2 Å². The van der Waals surface area contributed by atoms with Gasteiger partial charge in [0.2, 0.25) is 0 Å². The summed E-state index contributed by atoms with van der Waals surface area (Å²) in [6.07, 6.45) is 0. The van der Waals surface area contributed by atoms with Crippen molar-refractivity contribution in [2.45, 2.75) is 18.6 Å². The Morgan fingerprint density at radius 1 is 0.919 bits per heavy atom. The normalized spacial score (nSPS) is 10.7. The van der Waals surface area contributed by atoms with Crippen LogP contribution in [-0.4, -0.2) is 42.1 Å². The molecule has 0 spiro atoms. The topological polar surface area (TPSA) is 77.4 Å². The molecule has 9 heteroatoms. The Morgan fingerprint density at radius 3 is 2.08 bits per heavy atom. The number of nitrogens with zero attached hydrogens (tertiary/aromatic N) is 2. The molecule has 2 N–H and O–H groups in total. The average molecular weight is 537 g/mol. The molecular formula is C28H29ClN4O3S. The van der Waals surface area contributed by atoms with Crippen LogP contribution in [0.15, 0.2) is 78.0 Å². The number of urea groups is 1. The number of aromatic nitrogens is 2. The van der Waals surface area contributed by atoms with Gasteiger partial charge in [0.1, 0.15) is 11.5 Å². The van der Waals surface area contributed by atoms with Gasteiger partial charge in [0.05, 0.1) is 25.6 Å². The molecule has 0 saturated heterocycles. The minimum atomic E-state index is -0.264. The first-order valence-electron chi connectivity index (χ1n) is 11.8. The summed E-state index contributed by atoms with van der Waals surface area (Å²) in [5, 5.41) is 7.21. The van der Waals surface area contributed by atoms with Gasteiger partial charge in [-0.3, -0.25) is 0 Å². The van der Waals surface area contributed by atoms with Crippen LogP contribution >= 0.6 is 23.4 Å². The Labute approximate surface area is 226 Å². The van der Waals surface area contributed by atoms with E-state index in [2.05, 4.69) is 22.1 Å². The smallest absolute Gasteiger partial charge is 0.319 e. The van der Waals surface area contributed by atoms with E-state index in [0.717, 1.165) is 45.7 Å². The highest BCUT2D eigenvalue weighted by Gasteiger charge is 2.20. The lowest BCUT2D eigenvalue weighted by molar-refractivity contribution is 0.252. The summed E-state index contributed by atoms with van der Waals surface area (Å²) in [6.45, 7) is 3.34. The Morgan fingerprint density at radius 2 is 1.51 bits per heavy atom. The predicted molar refractivity (Wildman–Crippen MR) is 151 cm³/mol. The number of methoxy groups -OCH3 is 2. The molecule has 2 amide bonds. The number of anilines is 1. The molecule has 192 valence electrons. The highest BCUT2D eigenvalue weighted by atomic mass is 35.5. The van der Waals surface area contributed by atoms with Crippen molar-refractivity contribution in [3.8, 4) is 34.0 Å². The standard InChI is InChI=1S/C28H29ClN4O3S/c1-4-33-26(20-7-15-24(36-3)16-8-20)25(19-5-13-23(35-2)14-6-19)32-28(33)37-18-17-30-27(34)31-22-11-9-21(29)10-12-22/h5-16H,4,17-18H2,1-3H3,(H2,30,31,34). The molecule has 4 rings (SSSR count). The molecule has 0 bridgehead atoms. The second-order valence-corrected chi connectivity index (χ2v) is 9.53. The lowest BCUT2D eigenvalue weighted by Gasteiger charge is -2.12. The van der Waals surface area contributed by atoms with Gasteiger partial charge in [-0.1, -0.05) is 23.4 Å². The summed E-state index contributed by atoms with van der Waals surface area (Å²) in [6, 6.07) is 22.6. The summed E-state index contributed by atoms with van der Waals surface area (Å²) < 4.78 is 12.9. The van der Waals surface area contributed by atoms with Crippen molar-refractivity contribution in [1.82, 2.24) is 14.9 Å². The van der Waals surface area contributed by atoms with Gasteiger partial charge >= 0.3 is 6.03 Å². The van der Waals surface area contributed by atoms with Gasteiger partial charge in [-0.25, -0.2) is 9.78 Å². The molecule has 0 aliphatic heterocycles. The van der Waals surface area contributed by atoms with Crippen LogP contribution in [0.25, 0.3) is 22.5 Å². The van der Waals surface area contributed by atoms with Gasteiger partial charge in [0, 0.05) is 40.7 Å². The second-order valence-electron chi connectivity index (χ2n) is 8.03. The number of nitrogens with one attached hydrogen (secondary N) is 2. The van der Waals surface area contributed by atoms with Crippen LogP contribution in [0.3, 0.4) is 0 Å². The Kier molecular flexibility index (Phi) is 8.98. The van der Waals surface area contributed by atoms with E-state index in [1.807, 2.05) is 48.5 Å². The number of thioether (sulfide) groups is 1. The SMILES string of the molecule is CCn1c(SCCNC(=O)Nc2ccc(Cl)cc2)nc(-c2ccc(OC)cc2)c1-c1ccc(OC)cc1. The molecule has 0 saturated carbocycles. The van der Waals surface area contributed by atoms with Crippen LogP contribution in [0.2, 0.25) is 5.02 Å². The maximum Gasteiger partial charge on any atom is 0.319 e. The van der Waals surface area contributed by atoms with Crippen molar-refractivity contribution in [1.29, 1.82) is 0 Å². The van der Waals surface area contributed by atoms with Crippen LogP contribution in [-0.2, 0) is 6.54 Å². The fourth-order valence-corrected chi connectivity index (χ4v) is 4.89. The summed E-state index contributed by atoms with van der Waals surface area (Å²) in [5.41, 5.74) is 4.66. The molecule has 0 radical (unpaired) electrons. The molecule has 0 unspecified atom stereocenters. The molecule has 7 nitrogen and oxygen atoms in total.